The Labute approximate surface area is 605 Å². The molecule has 0 heterocycles. The Morgan fingerprint density at radius 1 is 0.290 bits per heavy atom. The van der Waals surface area contributed by atoms with Crippen LogP contribution in [0.25, 0.3) is 0 Å². The summed E-state index contributed by atoms with van der Waals surface area (Å²) in [5, 5.41) is 10.6. The summed E-state index contributed by atoms with van der Waals surface area (Å²) < 4.78 is 68.4. The van der Waals surface area contributed by atoms with Crippen LogP contribution in [0.3, 0.4) is 0 Å². The van der Waals surface area contributed by atoms with Crippen LogP contribution in [0.15, 0.2) is 134 Å². The van der Waals surface area contributed by atoms with Gasteiger partial charge in [0, 0.05) is 25.7 Å². The van der Waals surface area contributed by atoms with Gasteiger partial charge in [-0.05, 0) is 154 Å². The molecule has 0 bridgehead atoms. The molecule has 0 spiro atoms. The number of carbonyl (C=O) groups is 4. The predicted octanol–water partition coefficient (Wildman–Crippen LogP) is 22.1. The summed E-state index contributed by atoms with van der Waals surface area (Å²) in [5.41, 5.74) is 0. The van der Waals surface area contributed by atoms with Gasteiger partial charge in [0.05, 0.1) is 26.4 Å². The zero-order chi connectivity index (χ0) is 73.2. The van der Waals surface area contributed by atoms with Crippen molar-refractivity contribution < 1.29 is 80.2 Å². The summed E-state index contributed by atoms with van der Waals surface area (Å²) in [5.74, 6) is -2.27. The Morgan fingerprint density at radius 3 is 0.860 bits per heavy atom. The van der Waals surface area contributed by atoms with Crippen molar-refractivity contribution in [2.75, 3.05) is 39.6 Å². The Hall–Kier alpha value is -4.80. The monoisotopic (exact) mass is 1440 g/mol. The molecule has 0 aromatic rings. The molecule has 100 heavy (non-hydrogen) atoms. The molecule has 0 radical (unpaired) electrons. The fourth-order valence-electron chi connectivity index (χ4n) is 9.74. The van der Waals surface area contributed by atoms with Gasteiger partial charge in [-0.25, -0.2) is 9.13 Å². The minimum Gasteiger partial charge on any atom is -0.462 e. The lowest BCUT2D eigenvalue weighted by molar-refractivity contribution is -0.161. The molecular formula is C81H136O17P2. The molecule has 0 aliphatic heterocycles. The summed E-state index contributed by atoms with van der Waals surface area (Å²) in [6.07, 6.45) is 80.2. The van der Waals surface area contributed by atoms with Crippen molar-refractivity contribution in [3.8, 4) is 0 Å². The molecule has 0 aliphatic rings. The number of carbonyl (C=O) groups excluding carboxylic acids is 4. The minimum atomic E-state index is -4.99. The third kappa shape index (κ3) is 71.6. The van der Waals surface area contributed by atoms with Crippen LogP contribution in [-0.2, 0) is 65.4 Å². The second-order valence-corrected chi connectivity index (χ2v) is 28.1. The van der Waals surface area contributed by atoms with Gasteiger partial charge in [0.2, 0.25) is 0 Å². The highest BCUT2D eigenvalue weighted by molar-refractivity contribution is 7.47. The summed E-state index contributed by atoms with van der Waals surface area (Å²) in [6.45, 7) is 4.48. The Bertz CT molecular complexity index is 2420. The predicted molar refractivity (Wildman–Crippen MR) is 408 cm³/mol. The highest BCUT2D eigenvalue weighted by atomic mass is 31.2. The van der Waals surface area contributed by atoms with Crippen LogP contribution in [0, 0.1) is 0 Å². The number of esters is 4. The molecule has 0 rings (SSSR count). The number of rotatable bonds is 71. The molecule has 19 heteroatoms. The average molecular weight is 1440 g/mol. The van der Waals surface area contributed by atoms with Crippen LogP contribution in [0.1, 0.15) is 297 Å². The fourth-order valence-corrected chi connectivity index (χ4v) is 11.3. The third-order valence-corrected chi connectivity index (χ3v) is 17.5. The largest absolute Gasteiger partial charge is 0.472 e. The zero-order valence-electron chi connectivity index (χ0n) is 62.3. The summed E-state index contributed by atoms with van der Waals surface area (Å²) in [6, 6.07) is 0. The Morgan fingerprint density at radius 2 is 0.530 bits per heavy atom. The lowest BCUT2D eigenvalue weighted by Gasteiger charge is -2.21. The SMILES string of the molecule is CC/C=C\C/C=C\C/C=C\C/C=C\CCCCC(=O)OCC(COP(=O)(O)OCC(O)COP(=O)(O)OCC(COC(=O)CCCCCCCC/C=C\C/C=C\C/C=C\CCCCC)OC(=O)CCCCCCC/C=C\C/C=C\C/C=C\CC)OC(=O)CCCCCCC/C=C\CCCC. The maximum atomic E-state index is 13.1. The van der Waals surface area contributed by atoms with Gasteiger partial charge >= 0.3 is 39.5 Å². The van der Waals surface area contributed by atoms with Gasteiger partial charge < -0.3 is 33.8 Å². The van der Waals surface area contributed by atoms with E-state index in [-0.39, 0.29) is 25.7 Å². The number of aliphatic hydroxyl groups is 1. The van der Waals surface area contributed by atoms with Crippen molar-refractivity contribution in [3.63, 3.8) is 0 Å². The average Bonchev–Trinajstić information content (AvgIpc) is 0.945. The van der Waals surface area contributed by atoms with Crippen molar-refractivity contribution in [2.45, 2.75) is 316 Å². The number of ether oxygens (including phenoxy) is 4. The molecule has 3 N–H and O–H groups in total. The van der Waals surface area contributed by atoms with Crippen LogP contribution in [0.2, 0.25) is 0 Å². The number of hydrogen-bond donors (Lipinski definition) is 3. The number of phosphoric ester groups is 2. The summed E-state index contributed by atoms with van der Waals surface area (Å²) >= 11 is 0. The van der Waals surface area contributed by atoms with E-state index >= 15 is 0 Å². The van der Waals surface area contributed by atoms with Crippen LogP contribution in [0.5, 0.6) is 0 Å². The van der Waals surface area contributed by atoms with Crippen LogP contribution in [0.4, 0.5) is 0 Å². The van der Waals surface area contributed by atoms with E-state index in [2.05, 4.69) is 161 Å². The standard InChI is InChI=1S/C81H136O17P2/c1-5-9-13-17-21-25-29-32-35-36-37-38-41-43-47-50-54-58-62-66-79(84)92-72-77(98-81(86)68-64-60-56-52-48-44-40-34-31-27-23-19-15-11-7-3)74-96-100(89,90)94-70-75(82)69-93-99(87,88)95-73-76(97-80(85)67-63-59-55-51-45-28-24-20-16-12-8-4)71-91-78(83)65-61-57-53-49-46-42-39-33-30-26-22-18-14-10-6-2/h10-11,14-15,20-27,32-35,37-40,46,49,75-77,82H,5-9,12-13,16-19,28-31,36,41-45,47-48,50-74H2,1-4H3,(H,87,88)(H,89,90)/b14-10-,15-11-,24-20-,25-21-,26-22-,27-23-,35-32-,38-37-,39-33-,40-34-,49-46-. The molecule has 17 nitrogen and oxygen atoms in total. The van der Waals surface area contributed by atoms with Gasteiger partial charge in [-0.15, -0.1) is 0 Å². The lowest BCUT2D eigenvalue weighted by atomic mass is 10.1. The van der Waals surface area contributed by atoms with E-state index in [0.717, 1.165) is 186 Å². The summed E-state index contributed by atoms with van der Waals surface area (Å²) in [7, 11) is -9.98. The summed E-state index contributed by atoms with van der Waals surface area (Å²) in [4.78, 5) is 72.8. The van der Waals surface area contributed by atoms with E-state index < -0.39 is 97.5 Å². The molecule has 0 saturated carbocycles. The molecule has 0 fully saturated rings. The quantitative estimate of drug-likeness (QED) is 0.0169. The molecular weight excluding hydrogens is 1310 g/mol. The first-order valence-corrected chi connectivity index (χ1v) is 41.4. The minimum absolute atomic E-state index is 0.0684. The molecule has 0 aromatic carbocycles. The van der Waals surface area contributed by atoms with Crippen molar-refractivity contribution in [3.05, 3.63) is 134 Å². The number of aliphatic hydroxyl groups excluding tert-OH is 1. The highest BCUT2D eigenvalue weighted by Gasteiger charge is 2.30. The van der Waals surface area contributed by atoms with E-state index in [1.54, 1.807) is 0 Å². The van der Waals surface area contributed by atoms with Gasteiger partial charge in [-0.1, -0.05) is 251 Å². The third-order valence-electron chi connectivity index (χ3n) is 15.6. The van der Waals surface area contributed by atoms with Crippen LogP contribution >= 0.6 is 15.6 Å². The molecule has 5 unspecified atom stereocenters. The fraction of sp³-hybridized carbons (Fsp3) is 0.679. The van der Waals surface area contributed by atoms with Gasteiger partial charge in [-0.2, -0.15) is 0 Å². The maximum Gasteiger partial charge on any atom is 0.472 e. The Kier molecular flexibility index (Phi) is 69.1. The first-order valence-electron chi connectivity index (χ1n) is 38.4. The van der Waals surface area contributed by atoms with Crippen LogP contribution in [-0.4, -0.2) is 96.7 Å². The topological polar surface area (TPSA) is 237 Å². The van der Waals surface area contributed by atoms with Gasteiger partial charge in [0.15, 0.2) is 12.2 Å². The van der Waals surface area contributed by atoms with Gasteiger partial charge in [-0.3, -0.25) is 37.3 Å². The van der Waals surface area contributed by atoms with Crippen molar-refractivity contribution in [2.24, 2.45) is 0 Å². The second kappa shape index (κ2) is 72.5. The number of hydrogen-bond acceptors (Lipinski definition) is 15. The second-order valence-electron chi connectivity index (χ2n) is 25.2. The number of allylic oxidation sites excluding steroid dienone is 22. The number of unbranched alkanes of at least 4 members (excludes halogenated alkanes) is 23. The molecule has 0 aromatic heterocycles. The highest BCUT2D eigenvalue weighted by Crippen LogP contribution is 2.45. The van der Waals surface area contributed by atoms with E-state index in [9.17, 15) is 43.2 Å². The molecule has 0 amide bonds. The van der Waals surface area contributed by atoms with Crippen molar-refractivity contribution in [1.82, 2.24) is 0 Å². The van der Waals surface area contributed by atoms with Gasteiger partial charge in [0.1, 0.15) is 19.3 Å². The normalized spacial score (nSPS) is 14.7. The number of phosphoric acid groups is 2. The van der Waals surface area contributed by atoms with E-state index in [4.69, 9.17) is 37.0 Å². The maximum absolute atomic E-state index is 13.1. The van der Waals surface area contributed by atoms with E-state index in [0.29, 0.717) is 25.7 Å². The molecule has 572 valence electrons. The smallest absolute Gasteiger partial charge is 0.462 e. The molecule has 0 saturated heterocycles. The zero-order valence-corrected chi connectivity index (χ0v) is 64.1. The first-order chi connectivity index (χ1) is 48.7. The van der Waals surface area contributed by atoms with Crippen molar-refractivity contribution >= 4 is 39.5 Å². The van der Waals surface area contributed by atoms with E-state index in [1.807, 2.05) is 0 Å². The van der Waals surface area contributed by atoms with Crippen LogP contribution < -0.4 is 0 Å². The van der Waals surface area contributed by atoms with E-state index in [1.165, 1.54) is 32.1 Å². The first kappa shape index (κ1) is 95.2. The van der Waals surface area contributed by atoms with Gasteiger partial charge in [0.25, 0.3) is 0 Å². The lowest BCUT2D eigenvalue weighted by Crippen LogP contribution is -2.30. The molecule has 0 aliphatic carbocycles. The van der Waals surface area contributed by atoms with Crippen molar-refractivity contribution in [1.29, 1.82) is 0 Å². The molecule has 5 atom stereocenters. The Balaban J connectivity index is 5.38.